The van der Waals surface area contributed by atoms with Gasteiger partial charge in [-0.05, 0) is 37.5 Å². The molecule has 1 aliphatic carbocycles. The smallest absolute Gasteiger partial charge is 0.0631 e. The average Bonchev–Trinajstić information content (AvgIpc) is 3.11. The molecule has 1 aromatic carbocycles. The highest BCUT2D eigenvalue weighted by Gasteiger charge is 2.20. The van der Waals surface area contributed by atoms with E-state index < -0.39 is 0 Å². The summed E-state index contributed by atoms with van der Waals surface area (Å²) in [5.41, 5.74) is 1.15. The van der Waals surface area contributed by atoms with Crippen LogP contribution in [0.4, 0.5) is 0 Å². The first-order valence-corrected chi connectivity index (χ1v) is 7.68. The van der Waals surface area contributed by atoms with E-state index in [1.54, 1.807) is 11.8 Å². The summed E-state index contributed by atoms with van der Waals surface area (Å²) in [4.78, 5) is 1.11. The second-order valence-corrected chi connectivity index (χ2v) is 6.83. The minimum atomic E-state index is -0.315. The van der Waals surface area contributed by atoms with E-state index in [4.69, 9.17) is 11.6 Å². The molecule has 2 N–H and O–H groups in total. The van der Waals surface area contributed by atoms with Crippen molar-refractivity contribution >= 4 is 23.4 Å². The lowest BCUT2D eigenvalue weighted by molar-refractivity contribution is 0.196. The summed E-state index contributed by atoms with van der Waals surface area (Å²) in [6, 6.07) is 6.86. The highest BCUT2D eigenvalue weighted by molar-refractivity contribution is 8.00. The number of hydrogen-bond acceptors (Lipinski definition) is 3. The van der Waals surface area contributed by atoms with Crippen LogP contribution in [0.1, 0.15) is 32.3 Å². The molecule has 2 rings (SSSR count). The van der Waals surface area contributed by atoms with Crippen LogP contribution in [-0.4, -0.2) is 22.5 Å². The first-order chi connectivity index (χ1) is 8.56. The Kier molecular flexibility index (Phi) is 4.96. The highest BCUT2D eigenvalue weighted by Crippen LogP contribution is 2.29. The normalized spacial score (nSPS) is 18.7. The SMILES string of the molecule is CC(O)C(C)Sc1ccc(CNC2CC2)c(Cl)c1. The van der Waals surface area contributed by atoms with Gasteiger partial charge in [-0.25, -0.2) is 0 Å². The van der Waals surface area contributed by atoms with Crippen LogP contribution in [0.3, 0.4) is 0 Å². The van der Waals surface area contributed by atoms with Crippen molar-refractivity contribution in [2.45, 2.75) is 55.5 Å². The summed E-state index contributed by atoms with van der Waals surface area (Å²) in [7, 11) is 0. The van der Waals surface area contributed by atoms with Gasteiger partial charge < -0.3 is 10.4 Å². The molecule has 1 aromatic rings. The fraction of sp³-hybridized carbons (Fsp3) is 0.571. The fourth-order valence-electron chi connectivity index (χ4n) is 1.60. The molecule has 0 spiro atoms. The topological polar surface area (TPSA) is 32.3 Å². The molecule has 100 valence electrons. The molecule has 0 saturated heterocycles. The van der Waals surface area contributed by atoms with Crippen molar-refractivity contribution in [3.63, 3.8) is 0 Å². The maximum atomic E-state index is 9.49. The van der Waals surface area contributed by atoms with E-state index in [0.29, 0.717) is 6.04 Å². The van der Waals surface area contributed by atoms with Gasteiger partial charge in [0.15, 0.2) is 0 Å². The van der Waals surface area contributed by atoms with E-state index >= 15 is 0 Å². The van der Waals surface area contributed by atoms with Crippen LogP contribution in [0.25, 0.3) is 0 Å². The molecule has 4 heteroatoms. The largest absolute Gasteiger partial charge is 0.392 e. The zero-order valence-electron chi connectivity index (χ0n) is 10.8. The number of benzene rings is 1. The quantitative estimate of drug-likeness (QED) is 0.785. The second kappa shape index (κ2) is 6.29. The van der Waals surface area contributed by atoms with E-state index in [1.807, 2.05) is 19.9 Å². The van der Waals surface area contributed by atoms with Gasteiger partial charge in [-0.3, -0.25) is 0 Å². The van der Waals surface area contributed by atoms with E-state index in [9.17, 15) is 5.11 Å². The Morgan fingerprint density at radius 2 is 2.17 bits per heavy atom. The second-order valence-electron chi connectivity index (χ2n) is 4.97. The van der Waals surface area contributed by atoms with Crippen LogP contribution >= 0.6 is 23.4 Å². The zero-order valence-corrected chi connectivity index (χ0v) is 12.4. The minimum Gasteiger partial charge on any atom is -0.392 e. The van der Waals surface area contributed by atoms with Gasteiger partial charge in [0, 0.05) is 27.8 Å². The van der Waals surface area contributed by atoms with Crippen LogP contribution in [-0.2, 0) is 6.54 Å². The number of hydrogen-bond donors (Lipinski definition) is 2. The zero-order chi connectivity index (χ0) is 13.1. The molecule has 0 bridgehead atoms. The van der Waals surface area contributed by atoms with Crippen molar-refractivity contribution in [1.29, 1.82) is 0 Å². The summed E-state index contributed by atoms with van der Waals surface area (Å²) in [6.07, 6.45) is 2.26. The third kappa shape index (κ3) is 4.16. The van der Waals surface area contributed by atoms with E-state index in [-0.39, 0.29) is 11.4 Å². The summed E-state index contributed by atoms with van der Waals surface area (Å²) >= 11 is 7.94. The van der Waals surface area contributed by atoms with Crippen LogP contribution in [0.5, 0.6) is 0 Å². The van der Waals surface area contributed by atoms with E-state index in [1.165, 1.54) is 12.8 Å². The average molecular weight is 286 g/mol. The Labute approximate surface area is 118 Å². The Morgan fingerprint density at radius 1 is 1.44 bits per heavy atom. The number of aliphatic hydroxyl groups is 1. The lowest BCUT2D eigenvalue weighted by atomic mass is 10.2. The maximum Gasteiger partial charge on any atom is 0.0631 e. The van der Waals surface area contributed by atoms with Crippen molar-refractivity contribution in [1.82, 2.24) is 5.32 Å². The van der Waals surface area contributed by atoms with Gasteiger partial charge in [0.05, 0.1) is 6.10 Å². The van der Waals surface area contributed by atoms with Crippen molar-refractivity contribution < 1.29 is 5.11 Å². The molecule has 0 aromatic heterocycles. The lowest BCUT2D eigenvalue weighted by Crippen LogP contribution is -2.16. The molecule has 2 nitrogen and oxygen atoms in total. The van der Waals surface area contributed by atoms with Crippen LogP contribution in [0, 0.1) is 0 Å². The molecule has 0 heterocycles. The van der Waals surface area contributed by atoms with E-state index in [0.717, 1.165) is 22.0 Å². The number of thioether (sulfide) groups is 1. The lowest BCUT2D eigenvalue weighted by Gasteiger charge is -2.15. The van der Waals surface area contributed by atoms with Gasteiger partial charge in [-0.2, -0.15) is 0 Å². The Morgan fingerprint density at radius 3 is 2.72 bits per heavy atom. The number of nitrogens with one attached hydrogen (secondary N) is 1. The fourth-order valence-corrected chi connectivity index (χ4v) is 2.87. The van der Waals surface area contributed by atoms with Crippen molar-refractivity contribution in [3.05, 3.63) is 28.8 Å². The van der Waals surface area contributed by atoms with Crippen molar-refractivity contribution in [2.75, 3.05) is 0 Å². The van der Waals surface area contributed by atoms with Gasteiger partial charge in [-0.1, -0.05) is 24.6 Å². The van der Waals surface area contributed by atoms with Gasteiger partial charge in [0.1, 0.15) is 0 Å². The summed E-state index contributed by atoms with van der Waals surface area (Å²) in [5, 5.41) is 13.9. The Balaban J connectivity index is 1.95. The molecule has 0 radical (unpaired) electrons. The molecule has 1 aliphatic rings. The molecule has 1 fully saturated rings. The van der Waals surface area contributed by atoms with E-state index in [2.05, 4.69) is 17.4 Å². The predicted octanol–water partition coefficient (Wildman–Crippen LogP) is 3.45. The maximum absolute atomic E-state index is 9.49. The summed E-state index contributed by atoms with van der Waals surface area (Å²) in [5.74, 6) is 0. The molecular formula is C14H20ClNOS. The van der Waals surface area contributed by atoms with Crippen molar-refractivity contribution in [3.8, 4) is 0 Å². The third-order valence-corrected chi connectivity index (χ3v) is 4.83. The van der Waals surface area contributed by atoms with Gasteiger partial charge in [-0.15, -0.1) is 11.8 Å². The minimum absolute atomic E-state index is 0.177. The molecule has 1 saturated carbocycles. The first-order valence-electron chi connectivity index (χ1n) is 6.43. The Bertz CT molecular complexity index is 407. The number of aliphatic hydroxyl groups excluding tert-OH is 1. The highest BCUT2D eigenvalue weighted by atomic mass is 35.5. The number of rotatable bonds is 6. The number of halogens is 1. The molecule has 18 heavy (non-hydrogen) atoms. The van der Waals surface area contributed by atoms with Crippen LogP contribution < -0.4 is 5.32 Å². The van der Waals surface area contributed by atoms with Crippen LogP contribution in [0.15, 0.2) is 23.1 Å². The monoisotopic (exact) mass is 285 g/mol. The molecule has 2 atom stereocenters. The molecule has 0 aliphatic heterocycles. The third-order valence-electron chi connectivity index (χ3n) is 3.18. The first kappa shape index (κ1) is 14.2. The standard InChI is InChI=1S/C14H20ClNOS/c1-9(17)10(2)18-13-6-3-11(14(15)7-13)8-16-12-4-5-12/h3,6-7,9-10,12,16-17H,4-5,8H2,1-2H3. The Hall–Kier alpha value is -0.220. The molecule has 2 unspecified atom stereocenters. The van der Waals surface area contributed by atoms with Gasteiger partial charge in [0.2, 0.25) is 0 Å². The molecule has 0 amide bonds. The van der Waals surface area contributed by atoms with Crippen molar-refractivity contribution in [2.24, 2.45) is 0 Å². The van der Waals surface area contributed by atoms with Gasteiger partial charge >= 0.3 is 0 Å². The molecular weight excluding hydrogens is 266 g/mol. The van der Waals surface area contributed by atoms with Crippen LogP contribution in [0.2, 0.25) is 5.02 Å². The van der Waals surface area contributed by atoms with Gasteiger partial charge in [0.25, 0.3) is 0 Å². The predicted molar refractivity (Wildman–Crippen MR) is 78.3 cm³/mol. The summed E-state index contributed by atoms with van der Waals surface area (Å²) < 4.78 is 0. The summed E-state index contributed by atoms with van der Waals surface area (Å²) in [6.45, 7) is 4.68.